The topological polar surface area (TPSA) is 116 Å². The van der Waals surface area contributed by atoms with Crippen LogP contribution in [0.4, 0.5) is 0 Å². The van der Waals surface area contributed by atoms with Crippen molar-refractivity contribution < 1.29 is 34.7 Å². The van der Waals surface area contributed by atoms with Gasteiger partial charge in [0.15, 0.2) is 0 Å². The largest absolute Gasteiger partial charge is 0.455 e. The Hall–Kier alpha value is -0.990. The molecule has 7 nitrogen and oxygen atoms in total. The molecule has 0 saturated carbocycles. The Morgan fingerprint density at radius 2 is 1.14 bits per heavy atom. The summed E-state index contributed by atoms with van der Waals surface area (Å²) >= 11 is 0. The molecule has 0 amide bonds. The number of cyclic esters (lactones) is 1. The third kappa shape index (κ3) is 17.6. The van der Waals surface area contributed by atoms with Crippen LogP contribution in [-0.2, 0) is 14.3 Å². The quantitative estimate of drug-likeness (QED) is 0.0518. The Morgan fingerprint density at radius 1 is 0.659 bits per heavy atom. The lowest BCUT2D eigenvalue weighted by atomic mass is 9.98. The number of carbonyl (C=O) groups is 1. The second-order valence-corrected chi connectivity index (χ2v) is 13.8. The highest BCUT2D eigenvalue weighted by Crippen LogP contribution is 2.28. The van der Waals surface area contributed by atoms with Crippen molar-refractivity contribution in [3.05, 3.63) is 11.6 Å². The SMILES string of the molecule is CCCCCCCCCC[C@@H](O)[C@H]1CC[C@H]([C@H](O)C[C@@H](O)CCCCCC[C@H](O)CCCCCCCC2=C[C@H](C)OC2=O)O1. The molecule has 0 radical (unpaired) electrons. The second-order valence-electron chi connectivity index (χ2n) is 13.8. The van der Waals surface area contributed by atoms with Crippen molar-refractivity contribution in [2.24, 2.45) is 0 Å². The lowest BCUT2D eigenvalue weighted by molar-refractivity contribution is -0.139. The predicted molar refractivity (Wildman–Crippen MR) is 177 cm³/mol. The van der Waals surface area contributed by atoms with E-state index >= 15 is 0 Å². The Labute approximate surface area is 269 Å². The van der Waals surface area contributed by atoms with E-state index in [0.717, 1.165) is 115 Å². The molecule has 0 unspecified atom stereocenters. The number of aliphatic hydroxyl groups excluding tert-OH is 4. The van der Waals surface area contributed by atoms with E-state index in [2.05, 4.69) is 6.92 Å². The second kappa shape index (κ2) is 24.2. The molecule has 7 heteroatoms. The van der Waals surface area contributed by atoms with E-state index in [1.165, 1.54) is 38.5 Å². The molecule has 0 aromatic rings. The predicted octanol–water partition coefficient (Wildman–Crippen LogP) is 7.84. The van der Waals surface area contributed by atoms with E-state index in [1.807, 2.05) is 13.0 Å². The van der Waals surface area contributed by atoms with E-state index in [0.29, 0.717) is 12.8 Å². The van der Waals surface area contributed by atoms with Crippen LogP contribution in [0.5, 0.6) is 0 Å². The molecule has 44 heavy (non-hydrogen) atoms. The van der Waals surface area contributed by atoms with E-state index < -0.39 is 18.3 Å². The number of carbonyl (C=O) groups excluding carboxylic acids is 1. The summed E-state index contributed by atoms with van der Waals surface area (Å²) in [5, 5.41) is 42.0. The Balaban J connectivity index is 1.39. The number of unbranched alkanes of at least 4 members (excludes halogenated alkanes) is 14. The van der Waals surface area contributed by atoms with Gasteiger partial charge in [-0.2, -0.15) is 0 Å². The maximum absolute atomic E-state index is 11.6. The fraction of sp³-hybridized carbons (Fsp3) is 0.919. The van der Waals surface area contributed by atoms with Gasteiger partial charge in [-0.05, 0) is 64.4 Å². The number of aliphatic hydroxyl groups is 4. The van der Waals surface area contributed by atoms with Crippen LogP contribution in [0.15, 0.2) is 11.6 Å². The lowest BCUT2D eigenvalue weighted by Crippen LogP contribution is -2.33. The van der Waals surface area contributed by atoms with E-state index in [-0.39, 0.29) is 30.4 Å². The zero-order chi connectivity index (χ0) is 32.0. The summed E-state index contributed by atoms with van der Waals surface area (Å²) < 4.78 is 11.1. The standard InChI is InChI=1S/C37H68O7/c1-3-4-5-6-7-8-12-19-24-33(40)35-25-26-36(44-35)34(41)28-32(39)23-18-14-13-17-22-31(38)21-16-11-9-10-15-20-30-27-29(2)43-37(30)42/h27,29,31-36,38-41H,3-26,28H2,1-2H3/t29-,31+,32-,33+,34+,35+,36+/m0/s1. The van der Waals surface area contributed by atoms with Crippen molar-refractivity contribution in [3.8, 4) is 0 Å². The zero-order valence-electron chi connectivity index (χ0n) is 28.3. The third-order valence-electron chi connectivity index (χ3n) is 9.61. The summed E-state index contributed by atoms with van der Waals surface area (Å²) in [6.07, 6.45) is 24.6. The fourth-order valence-corrected chi connectivity index (χ4v) is 6.78. The molecule has 1 saturated heterocycles. The van der Waals surface area contributed by atoms with Crippen molar-refractivity contribution in [1.82, 2.24) is 0 Å². The molecule has 2 aliphatic rings. The van der Waals surface area contributed by atoms with Crippen LogP contribution in [0.1, 0.15) is 174 Å². The van der Waals surface area contributed by atoms with Crippen LogP contribution in [0, 0.1) is 0 Å². The average Bonchev–Trinajstić information content (AvgIpc) is 3.62. The van der Waals surface area contributed by atoms with Gasteiger partial charge in [0.2, 0.25) is 0 Å². The lowest BCUT2D eigenvalue weighted by Gasteiger charge is -2.23. The maximum atomic E-state index is 11.6. The molecule has 4 N–H and O–H groups in total. The van der Waals surface area contributed by atoms with Gasteiger partial charge in [-0.25, -0.2) is 4.79 Å². The van der Waals surface area contributed by atoms with Crippen molar-refractivity contribution in [2.45, 2.75) is 217 Å². The minimum Gasteiger partial charge on any atom is -0.455 e. The summed E-state index contributed by atoms with van der Waals surface area (Å²) in [6, 6.07) is 0. The van der Waals surface area contributed by atoms with Gasteiger partial charge in [-0.1, -0.05) is 110 Å². The molecule has 0 aromatic heterocycles. The monoisotopic (exact) mass is 624 g/mol. The third-order valence-corrected chi connectivity index (χ3v) is 9.61. The molecule has 0 aromatic carbocycles. The van der Waals surface area contributed by atoms with Crippen LogP contribution in [-0.4, -0.2) is 69.1 Å². The normalized spacial score (nSPS) is 23.0. The van der Waals surface area contributed by atoms with Gasteiger partial charge in [-0.15, -0.1) is 0 Å². The molecule has 0 spiro atoms. The first-order valence-electron chi connectivity index (χ1n) is 18.6. The van der Waals surface area contributed by atoms with Gasteiger partial charge >= 0.3 is 5.97 Å². The highest BCUT2D eigenvalue weighted by molar-refractivity contribution is 5.90. The molecule has 0 aliphatic carbocycles. The molecule has 2 rings (SSSR count). The first-order chi connectivity index (χ1) is 21.3. The average molecular weight is 625 g/mol. The van der Waals surface area contributed by atoms with Crippen LogP contribution >= 0.6 is 0 Å². The summed E-state index contributed by atoms with van der Waals surface area (Å²) in [4.78, 5) is 11.6. The number of esters is 1. The molecule has 2 heterocycles. The zero-order valence-corrected chi connectivity index (χ0v) is 28.3. The van der Waals surface area contributed by atoms with Crippen LogP contribution in [0.25, 0.3) is 0 Å². The van der Waals surface area contributed by atoms with E-state index in [4.69, 9.17) is 9.47 Å². The van der Waals surface area contributed by atoms with Crippen LogP contribution < -0.4 is 0 Å². The Bertz CT molecular complexity index is 756. The van der Waals surface area contributed by atoms with Crippen molar-refractivity contribution in [3.63, 3.8) is 0 Å². The van der Waals surface area contributed by atoms with Crippen LogP contribution in [0.2, 0.25) is 0 Å². The van der Waals surface area contributed by atoms with Gasteiger partial charge < -0.3 is 29.9 Å². The minimum atomic E-state index is -0.687. The number of hydrogen-bond donors (Lipinski definition) is 4. The van der Waals surface area contributed by atoms with Gasteiger partial charge in [0.25, 0.3) is 0 Å². The smallest absolute Gasteiger partial charge is 0.334 e. The van der Waals surface area contributed by atoms with Crippen LogP contribution in [0.3, 0.4) is 0 Å². The first kappa shape index (κ1) is 39.2. The Kier molecular flexibility index (Phi) is 21.6. The van der Waals surface area contributed by atoms with E-state index in [1.54, 1.807) is 0 Å². The maximum Gasteiger partial charge on any atom is 0.334 e. The first-order valence-corrected chi connectivity index (χ1v) is 18.6. The Morgan fingerprint density at radius 3 is 1.68 bits per heavy atom. The molecule has 2 aliphatic heterocycles. The number of ether oxygens (including phenoxy) is 2. The highest BCUT2D eigenvalue weighted by Gasteiger charge is 2.35. The van der Waals surface area contributed by atoms with E-state index in [9.17, 15) is 25.2 Å². The van der Waals surface area contributed by atoms with Gasteiger partial charge in [-0.3, -0.25) is 0 Å². The van der Waals surface area contributed by atoms with Crippen molar-refractivity contribution in [2.75, 3.05) is 0 Å². The summed E-state index contributed by atoms with van der Waals surface area (Å²) in [5.41, 5.74) is 0.827. The van der Waals surface area contributed by atoms with Crippen molar-refractivity contribution in [1.29, 1.82) is 0 Å². The summed E-state index contributed by atoms with van der Waals surface area (Å²) in [5.74, 6) is -0.153. The van der Waals surface area contributed by atoms with Gasteiger partial charge in [0.05, 0.1) is 36.6 Å². The minimum absolute atomic E-state index is 0.0777. The fourth-order valence-electron chi connectivity index (χ4n) is 6.78. The molecule has 0 bridgehead atoms. The molecular formula is C37H68O7. The number of hydrogen-bond acceptors (Lipinski definition) is 7. The van der Waals surface area contributed by atoms with Gasteiger partial charge in [0.1, 0.15) is 6.10 Å². The summed E-state index contributed by atoms with van der Waals surface area (Å²) in [7, 11) is 0. The van der Waals surface area contributed by atoms with Gasteiger partial charge in [0, 0.05) is 12.0 Å². The highest BCUT2D eigenvalue weighted by atomic mass is 16.5. The molecule has 258 valence electrons. The summed E-state index contributed by atoms with van der Waals surface area (Å²) in [6.45, 7) is 4.13. The number of rotatable bonds is 28. The molecular weight excluding hydrogens is 556 g/mol. The molecule has 7 atom stereocenters. The molecule has 1 fully saturated rings. The van der Waals surface area contributed by atoms with Crippen molar-refractivity contribution >= 4 is 5.97 Å².